The molecule has 8 heteroatoms. The lowest BCUT2D eigenvalue weighted by atomic mass is 10.1. The second-order valence-electron chi connectivity index (χ2n) is 10.3. The predicted octanol–water partition coefficient (Wildman–Crippen LogP) is 6.21. The number of hydrogen-bond acceptors (Lipinski definition) is 6. The molecule has 2 aliphatic carbocycles. The molecular formula is C29H32N4O3S. The largest absolute Gasteiger partial charge is 0.445 e. The van der Waals surface area contributed by atoms with Crippen molar-refractivity contribution in [2.45, 2.75) is 57.2 Å². The fourth-order valence-electron chi connectivity index (χ4n) is 5.31. The Labute approximate surface area is 221 Å². The molecule has 3 fully saturated rings. The van der Waals surface area contributed by atoms with Crippen LogP contribution in [0.5, 0.6) is 0 Å². The summed E-state index contributed by atoms with van der Waals surface area (Å²) in [5.74, 6) is 1.38. The molecule has 37 heavy (non-hydrogen) atoms. The quantitative estimate of drug-likeness (QED) is 0.366. The van der Waals surface area contributed by atoms with Crippen molar-refractivity contribution in [3.8, 4) is 0 Å². The number of aromatic nitrogens is 1. The van der Waals surface area contributed by atoms with E-state index in [1.807, 2.05) is 53.9 Å². The fourth-order valence-corrected chi connectivity index (χ4v) is 5.98. The molecule has 2 amide bonds. The van der Waals surface area contributed by atoms with E-state index in [2.05, 4.69) is 16.4 Å². The highest BCUT2D eigenvalue weighted by molar-refractivity contribution is 7.13. The predicted molar refractivity (Wildman–Crippen MR) is 145 cm³/mol. The van der Waals surface area contributed by atoms with Crippen LogP contribution in [0.25, 0.3) is 0 Å². The average molecular weight is 517 g/mol. The van der Waals surface area contributed by atoms with E-state index in [4.69, 9.17) is 4.74 Å². The SMILES string of the molecule is O=C(C1CCCN1C(=O)OCc1ccccc1)N(c1cccc(NC(C2CC2)C2CC2)c1)c1nccs1. The molecule has 3 aliphatic rings. The Morgan fingerprint density at radius 2 is 1.84 bits per heavy atom. The number of thiazole rings is 1. The van der Waals surface area contributed by atoms with Crippen LogP contribution in [-0.2, 0) is 16.1 Å². The van der Waals surface area contributed by atoms with Gasteiger partial charge in [0.1, 0.15) is 12.6 Å². The standard InChI is InChI=1S/C29H32N4O3S/c34-27(25-10-5-16-32(25)29(35)36-19-20-6-2-1-3-7-20)33(28-30-15-17-37-28)24-9-4-8-23(18-24)31-26(21-11-12-21)22-13-14-22/h1-4,6-9,15,17-18,21-22,25-26,31H,5,10-14,16,19H2. The first-order valence-corrected chi connectivity index (χ1v) is 14.1. The van der Waals surface area contributed by atoms with E-state index >= 15 is 0 Å². The Morgan fingerprint density at radius 1 is 1.05 bits per heavy atom. The third-order valence-corrected chi connectivity index (χ3v) is 8.26. The summed E-state index contributed by atoms with van der Waals surface area (Å²) in [6.45, 7) is 0.686. The smallest absolute Gasteiger partial charge is 0.410 e. The summed E-state index contributed by atoms with van der Waals surface area (Å²) in [6.07, 6.45) is 7.82. The van der Waals surface area contributed by atoms with Crippen LogP contribution in [-0.4, -0.2) is 40.5 Å². The molecule has 3 aromatic rings. The van der Waals surface area contributed by atoms with Gasteiger partial charge in [0.05, 0.1) is 5.69 Å². The number of carbonyl (C=O) groups is 2. The van der Waals surface area contributed by atoms with E-state index in [0.717, 1.165) is 35.2 Å². The summed E-state index contributed by atoms with van der Waals surface area (Å²) in [5.41, 5.74) is 2.71. The number of likely N-dealkylation sites (tertiary alicyclic amines) is 1. The van der Waals surface area contributed by atoms with Crippen molar-refractivity contribution in [1.29, 1.82) is 0 Å². The minimum Gasteiger partial charge on any atom is -0.445 e. The van der Waals surface area contributed by atoms with Gasteiger partial charge in [-0.3, -0.25) is 14.6 Å². The van der Waals surface area contributed by atoms with E-state index in [1.165, 1.54) is 37.0 Å². The molecule has 6 rings (SSSR count). The first-order valence-electron chi connectivity index (χ1n) is 13.2. The maximum Gasteiger partial charge on any atom is 0.410 e. The van der Waals surface area contributed by atoms with Gasteiger partial charge in [0.25, 0.3) is 5.91 Å². The number of nitrogens with zero attached hydrogens (tertiary/aromatic N) is 3. The Balaban J connectivity index is 1.21. The topological polar surface area (TPSA) is 74.8 Å². The Kier molecular flexibility index (Phi) is 6.83. The molecule has 192 valence electrons. The molecule has 1 aromatic heterocycles. The summed E-state index contributed by atoms with van der Waals surface area (Å²) in [6, 6.07) is 17.6. The number of rotatable bonds is 9. The molecule has 0 bridgehead atoms. The number of amides is 2. The number of nitrogens with one attached hydrogen (secondary N) is 1. The van der Waals surface area contributed by atoms with Gasteiger partial charge in [-0.1, -0.05) is 36.4 Å². The summed E-state index contributed by atoms with van der Waals surface area (Å²) in [5, 5.41) is 6.25. The Hall–Kier alpha value is -3.39. The average Bonchev–Trinajstić information content (AvgIpc) is 3.85. The minimum absolute atomic E-state index is 0.151. The van der Waals surface area contributed by atoms with Crippen LogP contribution in [0.3, 0.4) is 0 Å². The second-order valence-corrected chi connectivity index (χ2v) is 11.1. The van der Waals surface area contributed by atoms with Gasteiger partial charge in [-0.15, -0.1) is 11.3 Å². The second kappa shape index (κ2) is 10.5. The highest BCUT2D eigenvalue weighted by atomic mass is 32.1. The van der Waals surface area contributed by atoms with Crippen LogP contribution in [0.15, 0.2) is 66.2 Å². The van der Waals surface area contributed by atoms with Crippen LogP contribution in [0.4, 0.5) is 21.3 Å². The van der Waals surface area contributed by atoms with E-state index in [-0.39, 0.29) is 12.5 Å². The van der Waals surface area contributed by atoms with Gasteiger partial charge in [-0.25, -0.2) is 9.78 Å². The van der Waals surface area contributed by atoms with Gasteiger partial charge in [0, 0.05) is 29.9 Å². The molecule has 1 N–H and O–H groups in total. The molecule has 1 unspecified atom stereocenters. The summed E-state index contributed by atoms with van der Waals surface area (Å²) >= 11 is 1.42. The van der Waals surface area contributed by atoms with E-state index in [1.54, 1.807) is 16.0 Å². The van der Waals surface area contributed by atoms with Crippen molar-refractivity contribution in [3.63, 3.8) is 0 Å². The molecule has 2 aromatic carbocycles. The van der Waals surface area contributed by atoms with Gasteiger partial charge in [0.15, 0.2) is 5.13 Å². The molecule has 1 aliphatic heterocycles. The zero-order valence-corrected chi connectivity index (χ0v) is 21.6. The Morgan fingerprint density at radius 3 is 2.54 bits per heavy atom. The van der Waals surface area contributed by atoms with Gasteiger partial charge in [-0.2, -0.15) is 0 Å². The van der Waals surface area contributed by atoms with E-state index < -0.39 is 12.1 Å². The van der Waals surface area contributed by atoms with Crippen molar-refractivity contribution in [1.82, 2.24) is 9.88 Å². The number of carbonyl (C=O) groups excluding carboxylic acids is 2. The monoisotopic (exact) mass is 516 g/mol. The highest BCUT2D eigenvalue weighted by Crippen LogP contribution is 2.46. The molecule has 2 saturated carbocycles. The lowest BCUT2D eigenvalue weighted by molar-refractivity contribution is -0.121. The molecule has 7 nitrogen and oxygen atoms in total. The van der Waals surface area contributed by atoms with Crippen LogP contribution >= 0.6 is 11.3 Å². The van der Waals surface area contributed by atoms with Gasteiger partial charge >= 0.3 is 6.09 Å². The molecule has 1 saturated heterocycles. The summed E-state index contributed by atoms with van der Waals surface area (Å²) in [4.78, 5) is 34.7. The summed E-state index contributed by atoms with van der Waals surface area (Å²) in [7, 11) is 0. The molecule has 0 radical (unpaired) electrons. The first-order chi connectivity index (χ1) is 18.2. The van der Waals surface area contributed by atoms with Crippen LogP contribution in [0.2, 0.25) is 0 Å². The van der Waals surface area contributed by atoms with E-state index in [9.17, 15) is 9.59 Å². The van der Waals surface area contributed by atoms with Gasteiger partial charge in [0.2, 0.25) is 0 Å². The summed E-state index contributed by atoms with van der Waals surface area (Å²) < 4.78 is 5.58. The van der Waals surface area contributed by atoms with E-state index in [0.29, 0.717) is 24.1 Å². The maximum atomic E-state index is 14.0. The fraction of sp³-hybridized carbons (Fsp3) is 0.414. The number of ether oxygens (including phenoxy) is 1. The molecule has 1 atom stereocenters. The molecular weight excluding hydrogens is 484 g/mol. The van der Waals surface area contributed by atoms with Crippen molar-refractivity contribution in [3.05, 3.63) is 71.7 Å². The number of hydrogen-bond donors (Lipinski definition) is 1. The molecule has 0 spiro atoms. The van der Waals surface area contributed by atoms with Gasteiger partial charge < -0.3 is 10.1 Å². The van der Waals surface area contributed by atoms with Gasteiger partial charge in [-0.05, 0) is 74.1 Å². The first kappa shape index (κ1) is 24.0. The minimum atomic E-state index is -0.588. The number of anilines is 3. The van der Waals surface area contributed by atoms with Crippen LogP contribution in [0, 0.1) is 11.8 Å². The third kappa shape index (κ3) is 5.49. The van der Waals surface area contributed by atoms with Crippen molar-refractivity contribution in [2.75, 3.05) is 16.8 Å². The lowest BCUT2D eigenvalue weighted by Crippen LogP contribution is -2.46. The normalized spacial score (nSPS) is 19.2. The maximum absolute atomic E-state index is 14.0. The van der Waals surface area contributed by atoms with Crippen molar-refractivity contribution < 1.29 is 14.3 Å². The zero-order chi connectivity index (χ0) is 25.2. The molecule has 2 heterocycles. The van der Waals surface area contributed by atoms with Crippen molar-refractivity contribution in [2.24, 2.45) is 11.8 Å². The third-order valence-electron chi connectivity index (χ3n) is 7.51. The van der Waals surface area contributed by atoms with Crippen LogP contribution < -0.4 is 10.2 Å². The zero-order valence-electron chi connectivity index (χ0n) is 20.8. The highest BCUT2D eigenvalue weighted by Gasteiger charge is 2.42. The Bertz CT molecular complexity index is 1210. The van der Waals surface area contributed by atoms with Crippen molar-refractivity contribution >= 4 is 39.8 Å². The lowest BCUT2D eigenvalue weighted by Gasteiger charge is -2.29. The van der Waals surface area contributed by atoms with Crippen LogP contribution in [0.1, 0.15) is 44.1 Å². The number of benzene rings is 2.